The minimum Gasteiger partial charge on any atom is -0.462 e. The zero-order valence-corrected chi connectivity index (χ0v) is 22.4. The summed E-state index contributed by atoms with van der Waals surface area (Å²) in [5, 5.41) is 3.70. The molecule has 5 rings (SSSR count). The number of nitrogens with zero attached hydrogens (tertiary/aromatic N) is 1. The molecule has 0 spiro atoms. The first-order valence-electron chi connectivity index (χ1n) is 13.1. The molecule has 0 saturated carbocycles. The van der Waals surface area contributed by atoms with Gasteiger partial charge in [0.15, 0.2) is 0 Å². The number of carbonyl (C=O) groups excluding carboxylic acids is 2. The van der Waals surface area contributed by atoms with Gasteiger partial charge in [-0.3, -0.25) is 9.69 Å². The minimum absolute atomic E-state index is 0.0839. The Bertz CT molecular complexity index is 1330. The normalized spacial score (nSPS) is 13.2. The molecule has 3 aromatic carbocycles. The first-order valence-corrected chi connectivity index (χ1v) is 13.9. The number of thiophene rings is 1. The average molecular weight is 525 g/mol. The van der Waals surface area contributed by atoms with E-state index in [1.807, 2.05) is 42.5 Å². The molecular weight excluding hydrogens is 492 g/mol. The van der Waals surface area contributed by atoms with Gasteiger partial charge in [-0.1, -0.05) is 91.0 Å². The Balaban J connectivity index is 1.38. The molecule has 2 heterocycles. The molecule has 0 fully saturated rings. The largest absolute Gasteiger partial charge is 0.462 e. The molecule has 0 atom stereocenters. The van der Waals surface area contributed by atoms with Crippen molar-refractivity contribution in [2.24, 2.45) is 0 Å². The van der Waals surface area contributed by atoms with Crippen molar-refractivity contribution in [3.63, 3.8) is 0 Å². The molecule has 194 valence electrons. The highest BCUT2D eigenvalue weighted by Crippen LogP contribution is 2.38. The van der Waals surface area contributed by atoms with Crippen LogP contribution >= 0.6 is 11.3 Å². The van der Waals surface area contributed by atoms with E-state index in [1.54, 1.807) is 6.92 Å². The van der Waals surface area contributed by atoms with Gasteiger partial charge in [0.2, 0.25) is 5.91 Å². The van der Waals surface area contributed by atoms with Crippen molar-refractivity contribution in [3.05, 3.63) is 124 Å². The Morgan fingerprint density at radius 2 is 1.53 bits per heavy atom. The molecule has 1 N–H and O–H groups in total. The first kappa shape index (κ1) is 25.9. The number of amides is 1. The van der Waals surface area contributed by atoms with Gasteiger partial charge in [-0.15, -0.1) is 11.3 Å². The molecule has 38 heavy (non-hydrogen) atoms. The van der Waals surface area contributed by atoms with Crippen LogP contribution in [0.1, 0.15) is 56.8 Å². The van der Waals surface area contributed by atoms with Gasteiger partial charge >= 0.3 is 5.97 Å². The lowest BCUT2D eigenvalue weighted by atomic mass is 9.88. The average Bonchev–Trinajstić information content (AvgIpc) is 3.30. The number of hydrogen-bond acceptors (Lipinski definition) is 5. The van der Waals surface area contributed by atoms with Crippen LogP contribution in [0.2, 0.25) is 0 Å². The molecule has 1 aliphatic heterocycles. The number of carbonyl (C=O) groups is 2. The smallest absolute Gasteiger partial charge is 0.341 e. The van der Waals surface area contributed by atoms with Crippen molar-refractivity contribution in [3.8, 4) is 0 Å². The maximum absolute atomic E-state index is 13.5. The topological polar surface area (TPSA) is 58.6 Å². The molecule has 5 nitrogen and oxygen atoms in total. The standard InChI is InChI=1S/C32H32N2O3S/c1-2-37-32(36)30-26-18-19-34(21-23-12-6-3-7-13-23)22-28(26)38-31(30)33-29(35)20-27(24-14-8-4-9-15-24)25-16-10-5-11-17-25/h3-17,27H,2,18-22H2,1H3,(H,33,35). The van der Waals surface area contributed by atoms with Crippen LogP contribution in [0.3, 0.4) is 0 Å². The molecule has 1 aromatic heterocycles. The lowest BCUT2D eigenvalue weighted by Gasteiger charge is -2.27. The van der Waals surface area contributed by atoms with E-state index in [-0.39, 0.29) is 24.2 Å². The number of rotatable bonds is 9. The monoisotopic (exact) mass is 524 g/mol. The van der Waals surface area contributed by atoms with Gasteiger partial charge in [0.1, 0.15) is 5.00 Å². The van der Waals surface area contributed by atoms with Crippen molar-refractivity contribution < 1.29 is 14.3 Å². The van der Waals surface area contributed by atoms with Crippen molar-refractivity contribution >= 4 is 28.2 Å². The molecule has 0 bridgehead atoms. The Labute approximate surface area is 228 Å². The van der Waals surface area contributed by atoms with Crippen LogP contribution in [0.5, 0.6) is 0 Å². The SMILES string of the molecule is CCOC(=O)c1c(NC(=O)CC(c2ccccc2)c2ccccc2)sc2c1CCN(Cc1ccccc1)C2. The fraction of sp³-hybridized carbons (Fsp3) is 0.250. The Kier molecular flexibility index (Phi) is 8.31. The quantitative estimate of drug-likeness (QED) is 0.249. The number of benzene rings is 3. The molecule has 1 aliphatic rings. The highest BCUT2D eigenvalue weighted by molar-refractivity contribution is 7.17. The van der Waals surface area contributed by atoms with Crippen LogP contribution in [0.15, 0.2) is 91.0 Å². The fourth-order valence-electron chi connectivity index (χ4n) is 5.10. The van der Waals surface area contributed by atoms with Crippen LogP contribution in [0.4, 0.5) is 5.00 Å². The molecular formula is C32H32N2O3S. The molecule has 6 heteroatoms. The Morgan fingerprint density at radius 1 is 0.921 bits per heavy atom. The highest BCUT2D eigenvalue weighted by atomic mass is 32.1. The number of hydrogen-bond donors (Lipinski definition) is 1. The van der Waals surface area contributed by atoms with Crippen LogP contribution in [0.25, 0.3) is 0 Å². The number of esters is 1. The van der Waals surface area contributed by atoms with E-state index in [4.69, 9.17) is 4.74 Å². The van der Waals surface area contributed by atoms with E-state index in [0.29, 0.717) is 17.2 Å². The number of ether oxygens (including phenoxy) is 1. The van der Waals surface area contributed by atoms with E-state index >= 15 is 0 Å². The summed E-state index contributed by atoms with van der Waals surface area (Å²) in [6, 6.07) is 30.6. The van der Waals surface area contributed by atoms with Gasteiger partial charge in [-0.2, -0.15) is 0 Å². The summed E-state index contributed by atoms with van der Waals surface area (Å²) in [5.74, 6) is -0.563. The summed E-state index contributed by atoms with van der Waals surface area (Å²) in [5.41, 5.74) is 4.97. The van der Waals surface area contributed by atoms with Crippen LogP contribution in [-0.4, -0.2) is 29.9 Å². The second kappa shape index (κ2) is 12.2. The van der Waals surface area contributed by atoms with E-state index < -0.39 is 0 Å². The van der Waals surface area contributed by atoms with E-state index in [9.17, 15) is 9.59 Å². The summed E-state index contributed by atoms with van der Waals surface area (Å²) in [6.45, 7) is 4.54. The second-order valence-corrected chi connectivity index (χ2v) is 10.6. The molecule has 4 aromatic rings. The van der Waals surface area contributed by atoms with Gasteiger partial charge in [-0.05, 0) is 35.6 Å². The number of nitrogens with one attached hydrogen (secondary N) is 1. The summed E-state index contributed by atoms with van der Waals surface area (Å²) >= 11 is 1.50. The van der Waals surface area contributed by atoms with Crippen molar-refractivity contribution in [2.45, 2.75) is 38.8 Å². The number of anilines is 1. The predicted molar refractivity (Wildman–Crippen MR) is 153 cm³/mol. The van der Waals surface area contributed by atoms with E-state index in [0.717, 1.165) is 47.6 Å². The number of fused-ring (bicyclic) bond motifs is 1. The van der Waals surface area contributed by atoms with E-state index in [2.05, 4.69) is 58.7 Å². The van der Waals surface area contributed by atoms with Gasteiger partial charge < -0.3 is 10.1 Å². The van der Waals surface area contributed by atoms with Gasteiger partial charge in [0, 0.05) is 36.9 Å². The first-order chi connectivity index (χ1) is 18.6. The van der Waals surface area contributed by atoms with Crippen LogP contribution in [0, 0.1) is 0 Å². The van der Waals surface area contributed by atoms with Crippen molar-refractivity contribution in [1.29, 1.82) is 0 Å². The lowest BCUT2D eigenvalue weighted by molar-refractivity contribution is -0.116. The van der Waals surface area contributed by atoms with Crippen LogP contribution < -0.4 is 5.32 Å². The third-order valence-electron chi connectivity index (χ3n) is 6.91. The molecule has 0 saturated heterocycles. The highest BCUT2D eigenvalue weighted by Gasteiger charge is 2.30. The lowest BCUT2D eigenvalue weighted by Crippen LogP contribution is -2.30. The Hall–Kier alpha value is -3.74. The van der Waals surface area contributed by atoms with Gasteiger partial charge in [0.25, 0.3) is 0 Å². The molecule has 0 aliphatic carbocycles. The van der Waals surface area contributed by atoms with Crippen LogP contribution in [-0.2, 0) is 29.0 Å². The zero-order valence-electron chi connectivity index (χ0n) is 21.6. The van der Waals surface area contributed by atoms with E-state index in [1.165, 1.54) is 16.9 Å². The summed E-state index contributed by atoms with van der Waals surface area (Å²) in [7, 11) is 0. The Morgan fingerprint density at radius 3 is 2.13 bits per heavy atom. The third kappa shape index (κ3) is 6.04. The summed E-state index contributed by atoms with van der Waals surface area (Å²) in [6.07, 6.45) is 1.03. The van der Waals surface area contributed by atoms with Crippen molar-refractivity contribution in [2.75, 3.05) is 18.5 Å². The second-order valence-electron chi connectivity index (χ2n) is 9.50. The molecule has 1 amide bonds. The minimum atomic E-state index is -0.362. The molecule has 0 unspecified atom stereocenters. The third-order valence-corrected chi connectivity index (χ3v) is 8.04. The summed E-state index contributed by atoms with van der Waals surface area (Å²) in [4.78, 5) is 30.0. The summed E-state index contributed by atoms with van der Waals surface area (Å²) < 4.78 is 5.42. The maximum atomic E-state index is 13.5. The maximum Gasteiger partial charge on any atom is 0.341 e. The van der Waals surface area contributed by atoms with Gasteiger partial charge in [0.05, 0.1) is 12.2 Å². The van der Waals surface area contributed by atoms with Gasteiger partial charge in [-0.25, -0.2) is 4.79 Å². The predicted octanol–water partition coefficient (Wildman–Crippen LogP) is 6.64. The van der Waals surface area contributed by atoms with Crippen molar-refractivity contribution in [1.82, 2.24) is 4.90 Å². The zero-order chi connectivity index (χ0) is 26.3. The fourth-order valence-corrected chi connectivity index (χ4v) is 6.40. The molecule has 0 radical (unpaired) electrons.